The number of rotatable bonds is 16. The van der Waals surface area contributed by atoms with Gasteiger partial charge >= 0.3 is 12.1 Å². The predicted molar refractivity (Wildman–Crippen MR) is 212 cm³/mol. The molecule has 8 rings (SSSR count). The number of aliphatic hydroxyl groups excluding tert-OH is 1. The molecule has 0 spiro atoms. The summed E-state index contributed by atoms with van der Waals surface area (Å²) in [6, 6.07) is 30.3. The van der Waals surface area contributed by atoms with E-state index in [1.165, 1.54) is 12.1 Å². The largest absolute Gasteiger partial charge is 0.506 e. The average Bonchev–Trinajstić information content (AvgIpc) is 3.22. The molecule has 3 atom stereocenters. The lowest BCUT2D eigenvalue weighted by Crippen LogP contribution is -2.52. The summed E-state index contributed by atoms with van der Waals surface area (Å²) in [5.41, 5.74) is 3.84. The molecule has 0 radical (unpaired) electrons. The number of aromatic amines is 1. The molecule has 1 aromatic heterocycles. The minimum Gasteiger partial charge on any atom is -0.506 e. The number of hydrogen-bond donors (Lipinski definition) is 5. The number of carbonyl (C=O) groups is 2. The van der Waals surface area contributed by atoms with Crippen molar-refractivity contribution >= 4 is 23.0 Å². The number of nitrogens with zero attached hydrogens (tertiary/aromatic N) is 1. The summed E-state index contributed by atoms with van der Waals surface area (Å²) in [7, 11) is 0. The molecule has 56 heavy (non-hydrogen) atoms. The average molecular weight is 761 g/mol. The van der Waals surface area contributed by atoms with Crippen molar-refractivity contribution in [1.29, 1.82) is 0 Å². The summed E-state index contributed by atoms with van der Waals surface area (Å²) in [6.07, 6.45) is 1.95. The molecule has 5 N–H and O–H groups in total. The lowest BCUT2D eigenvalue weighted by molar-refractivity contribution is -0.0336. The van der Waals surface area contributed by atoms with E-state index in [9.17, 15) is 24.6 Å². The maximum absolute atomic E-state index is 13.2. The number of ether oxygens (including phenoxy) is 3. The van der Waals surface area contributed by atoms with Crippen LogP contribution >= 0.6 is 0 Å². The number of piperidine rings is 3. The van der Waals surface area contributed by atoms with E-state index < -0.39 is 24.2 Å². The highest BCUT2D eigenvalue weighted by Crippen LogP contribution is 2.31. The van der Waals surface area contributed by atoms with Gasteiger partial charge in [-0.3, -0.25) is 9.69 Å². The number of H-pyrrole nitrogens is 1. The molecule has 12 heteroatoms. The van der Waals surface area contributed by atoms with Crippen molar-refractivity contribution in [2.75, 3.05) is 45.9 Å². The Hall–Kier alpha value is -5.69. The Balaban J connectivity index is 0.833. The van der Waals surface area contributed by atoms with Gasteiger partial charge in [-0.15, -0.1) is 0 Å². The molecule has 1 unspecified atom stereocenters. The Morgan fingerprint density at radius 1 is 0.893 bits per heavy atom. The number of phenols is 1. The zero-order chi connectivity index (χ0) is 38.9. The van der Waals surface area contributed by atoms with Crippen molar-refractivity contribution < 1.29 is 34.0 Å². The molecule has 292 valence electrons. The number of aromatic nitrogens is 1. The second-order valence-electron chi connectivity index (χ2n) is 14.4. The summed E-state index contributed by atoms with van der Waals surface area (Å²) in [6.45, 7) is 4.35. The maximum Gasteiger partial charge on any atom is 0.408 e. The number of pyridine rings is 1. The topological polar surface area (TPSA) is 162 Å². The number of aromatic hydroxyl groups is 1. The highest BCUT2D eigenvalue weighted by Gasteiger charge is 2.37. The maximum atomic E-state index is 13.2. The van der Waals surface area contributed by atoms with Gasteiger partial charge < -0.3 is 40.0 Å². The van der Waals surface area contributed by atoms with E-state index >= 15 is 0 Å². The summed E-state index contributed by atoms with van der Waals surface area (Å²) in [5.74, 6) is 0.601. The normalized spacial score (nSPS) is 18.6. The van der Waals surface area contributed by atoms with Crippen molar-refractivity contribution in [3.8, 4) is 11.5 Å². The standard InChI is InChI=1S/C44H48N4O8/c49-37-16-14-35(36-15-17-40(51)46-42(36)37)38(50)27-45-21-18-29-10-12-32(13-11-29)43(52)55-25-5-24-54-34-9-4-8-33(26-34)41(31-6-2-1-3-7-31)47-44(53)56-39-28-48-22-19-30(39)20-23-48/h1-4,6-17,26,30,38-39,41,45,49-50H,5,18-25,27-28H2,(H,46,51)(H,47,53)/t38-,39+,41?/m1/s1. The fraction of sp³-hybridized carbons (Fsp3) is 0.341. The minimum atomic E-state index is -0.845. The van der Waals surface area contributed by atoms with Gasteiger partial charge in [-0.05, 0) is 103 Å². The fourth-order valence-electron chi connectivity index (χ4n) is 7.56. The van der Waals surface area contributed by atoms with Crippen LogP contribution in [0.1, 0.15) is 64.0 Å². The number of aliphatic hydroxyl groups is 1. The molecule has 2 bridgehead atoms. The molecule has 1 amide bonds. The van der Waals surface area contributed by atoms with Crippen molar-refractivity contribution in [3.05, 3.63) is 141 Å². The smallest absolute Gasteiger partial charge is 0.408 e. The molecular weight excluding hydrogens is 713 g/mol. The number of phenolic OH excluding ortho intramolecular Hbond substituents is 1. The molecule has 3 aliphatic heterocycles. The summed E-state index contributed by atoms with van der Waals surface area (Å²) in [5, 5.41) is 27.8. The molecule has 3 fully saturated rings. The second kappa shape index (κ2) is 18.3. The van der Waals surface area contributed by atoms with Crippen LogP contribution in [-0.2, 0) is 15.9 Å². The van der Waals surface area contributed by atoms with Crippen LogP contribution in [0.5, 0.6) is 11.5 Å². The minimum absolute atomic E-state index is 0.0525. The molecule has 4 heterocycles. The first kappa shape index (κ1) is 38.6. The van der Waals surface area contributed by atoms with Gasteiger partial charge in [-0.25, -0.2) is 9.59 Å². The van der Waals surface area contributed by atoms with Gasteiger partial charge in [0.05, 0.1) is 36.4 Å². The van der Waals surface area contributed by atoms with E-state index in [4.69, 9.17) is 14.2 Å². The van der Waals surface area contributed by atoms with Gasteiger partial charge in [0.2, 0.25) is 5.56 Å². The van der Waals surface area contributed by atoms with E-state index in [2.05, 4.69) is 20.5 Å². The zero-order valence-corrected chi connectivity index (χ0v) is 31.2. The third-order valence-electron chi connectivity index (χ3n) is 10.6. The predicted octanol–water partition coefficient (Wildman–Crippen LogP) is 5.64. The Bertz CT molecular complexity index is 2150. The van der Waals surface area contributed by atoms with Gasteiger partial charge in [0, 0.05) is 31.0 Å². The monoisotopic (exact) mass is 760 g/mol. The van der Waals surface area contributed by atoms with E-state index in [1.54, 1.807) is 24.3 Å². The Morgan fingerprint density at radius 2 is 1.68 bits per heavy atom. The van der Waals surface area contributed by atoms with Crippen molar-refractivity contribution in [2.24, 2.45) is 5.92 Å². The number of alkyl carbamates (subject to hydrolysis) is 1. The third-order valence-corrected chi connectivity index (χ3v) is 10.6. The van der Waals surface area contributed by atoms with Crippen LogP contribution in [0.15, 0.2) is 108 Å². The number of hydrogen-bond acceptors (Lipinski definition) is 10. The van der Waals surface area contributed by atoms with E-state index in [0.29, 0.717) is 59.7 Å². The first-order valence-corrected chi connectivity index (χ1v) is 19.3. The number of amides is 1. The molecular formula is C44H48N4O8. The van der Waals surface area contributed by atoms with Crippen molar-refractivity contribution in [3.63, 3.8) is 0 Å². The molecule has 0 saturated carbocycles. The number of nitrogens with one attached hydrogen (secondary N) is 3. The second-order valence-corrected chi connectivity index (χ2v) is 14.4. The Labute approximate surface area is 325 Å². The summed E-state index contributed by atoms with van der Waals surface area (Å²) < 4.78 is 17.5. The lowest BCUT2D eigenvalue weighted by atomic mass is 9.86. The van der Waals surface area contributed by atoms with Crippen LogP contribution in [0.2, 0.25) is 0 Å². The van der Waals surface area contributed by atoms with E-state index in [0.717, 1.165) is 49.2 Å². The highest BCUT2D eigenvalue weighted by atomic mass is 16.6. The van der Waals surface area contributed by atoms with Crippen LogP contribution < -0.4 is 20.9 Å². The fourth-order valence-corrected chi connectivity index (χ4v) is 7.56. The van der Waals surface area contributed by atoms with Gasteiger partial charge in [0.15, 0.2) is 0 Å². The van der Waals surface area contributed by atoms with Gasteiger partial charge in [0.25, 0.3) is 0 Å². The van der Waals surface area contributed by atoms with Gasteiger partial charge in [-0.1, -0.05) is 60.7 Å². The zero-order valence-electron chi connectivity index (χ0n) is 31.2. The van der Waals surface area contributed by atoms with Crippen LogP contribution in [0.25, 0.3) is 10.9 Å². The third kappa shape index (κ3) is 9.75. The van der Waals surface area contributed by atoms with Gasteiger partial charge in [-0.2, -0.15) is 0 Å². The molecule has 0 aliphatic carbocycles. The van der Waals surface area contributed by atoms with E-state index in [1.807, 2.05) is 66.7 Å². The highest BCUT2D eigenvalue weighted by molar-refractivity contribution is 5.89. The number of esters is 1. The SMILES string of the molecule is O=C(NC(c1ccccc1)c1cccc(OCCCOC(=O)c2ccc(CCNC[C@@H](O)c3ccc(O)c4[nH]c(=O)ccc34)cc2)c1)O[C@H]1CN2CCC1CC2. The molecule has 3 aliphatic rings. The van der Waals surface area contributed by atoms with Crippen LogP contribution in [0.4, 0.5) is 4.79 Å². The summed E-state index contributed by atoms with van der Waals surface area (Å²) >= 11 is 0. The quantitative estimate of drug-likeness (QED) is 0.0629. The molecule has 3 saturated heterocycles. The van der Waals surface area contributed by atoms with Crippen LogP contribution in [0.3, 0.4) is 0 Å². The first-order valence-electron chi connectivity index (χ1n) is 19.3. The van der Waals surface area contributed by atoms with Gasteiger partial charge in [0.1, 0.15) is 17.6 Å². The molecule has 12 nitrogen and oxygen atoms in total. The Kier molecular flexibility index (Phi) is 12.6. The Morgan fingerprint density at radius 3 is 2.45 bits per heavy atom. The number of carbonyl (C=O) groups excluding carboxylic acids is 2. The molecule has 5 aromatic rings. The number of fused-ring (bicyclic) bond motifs is 4. The van der Waals surface area contributed by atoms with E-state index in [-0.39, 0.29) is 30.6 Å². The number of benzene rings is 4. The van der Waals surface area contributed by atoms with Crippen LogP contribution in [0, 0.1) is 5.92 Å². The van der Waals surface area contributed by atoms with Crippen molar-refractivity contribution in [1.82, 2.24) is 20.5 Å². The molecule has 4 aromatic carbocycles. The first-order chi connectivity index (χ1) is 27.3. The van der Waals surface area contributed by atoms with Crippen LogP contribution in [-0.4, -0.2) is 84.2 Å². The lowest BCUT2D eigenvalue weighted by Gasteiger charge is -2.43. The summed E-state index contributed by atoms with van der Waals surface area (Å²) in [4.78, 5) is 42.5. The van der Waals surface area contributed by atoms with Crippen molar-refractivity contribution in [2.45, 2.75) is 43.9 Å².